The molecule has 4 nitrogen and oxygen atoms in total. The summed E-state index contributed by atoms with van der Waals surface area (Å²) in [6.45, 7) is 0.592. The van der Waals surface area contributed by atoms with Gasteiger partial charge in [-0.1, -0.05) is 6.07 Å². The van der Waals surface area contributed by atoms with Crippen molar-refractivity contribution in [1.29, 1.82) is 0 Å². The van der Waals surface area contributed by atoms with Gasteiger partial charge in [0.15, 0.2) is 0 Å². The van der Waals surface area contributed by atoms with Crippen LogP contribution in [0, 0.1) is 5.82 Å². The SMILES string of the molecule is O=C(Nc1ccc(C(=O)N2CCCCc3sccc32)cc1)c1c(F)cccc1C(F)(F)F. The van der Waals surface area contributed by atoms with Gasteiger partial charge in [0.25, 0.3) is 11.8 Å². The van der Waals surface area contributed by atoms with Crippen LogP contribution in [-0.2, 0) is 12.6 Å². The molecule has 0 bridgehead atoms. The van der Waals surface area contributed by atoms with E-state index in [9.17, 15) is 27.2 Å². The molecule has 0 spiro atoms. The molecule has 0 saturated carbocycles. The van der Waals surface area contributed by atoms with E-state index in [0.717, 1.165) is 42.0 Å². The summed E-state index contributed by atoms with van der Waals surface area (Å²) in [5.74, 6) is -2.68. The number of carbonyl (C=O) groups excluding carboxylic acids is 2. The lowest BCUT2D eigenvalue weighted by molar-refractivity contribution is -0.138. The number of halogens is 4. The predicted octanol–water partition coefficient (Wildman–Crippen LogP) is 6.14. The number of nitrogens with zero attached hydrogens (tertiary/aromatic N) is 1. The third kappa shape index (κ3) is 4.38. The fourth-order valence-electron chi connectivity index (χ4n) is 3.68. The zero-order valence-electron chi connectivity index (χ0n) is 16.7. The Morgan fingerprint density at radius 1 is 1.00 bits per heavy atom. The minimum atomic E-state index is -4.88. The third-order valence-electron chi connectivity index (χ3n) is 5.23. The van der Waals surface area contributed by atoms with Crippen molar-refractivity contribution in [3.8, 4) is 0 Å². The summed E-state index contributed by atoms with van der Waals surface area (Å²) in [7, 11) is 0. The molecule has 1 aromatic heterocycles. The smallest absolute Gasteiger partial charge is 0.322 e. The molecule has 9 heteroatoms. The maximum Gasteiger partial charge on any atom is 0.417 e. The topological polar surface area (TPSA) is 49.4 Å². The van der Waals surface area contributed by atoms with Gasteiger partial charge in [-0.3, -0.25) is 9.59 Å². The van der Waals surface area contributed by atoms with Crippen LogP contribution in [0.25, 0.3) is 0 Å². The van der Waals surface area contributed by atoms with Crippen molar-refractivity contribution in [2.45, 2.75) is 25.4 Å². The van der Waals surface area contributed by atoms with Gasteiger partial charge < -0.3 is 10.2 Å². The van der Waals surface area contributed by atoms with Gasteiger partial charge in [-0.05, 0) is 67.1 Å². The first-order valence-electron chi connectivity index (χ1n) is 9.91. The molecular weight excluding hydrogens is 444 g/mol. The van der Waals surface area contributed by atoms with Gasteiger partial charge in [0.2, 0.25) is 0 Å². The Labute approximate surface area is 185 Å². The minimum absolute atomic E-state index is 0.148. The Kier molecular flexibility index (Phi) is 6.01. The average molecular weight is 462 g/mol. The maximum atomic E-state index is 14.0. The van der Waals surface area contributed by atoms with Crippen molar-refractivity contribution in [1.82, 2.24) is 0 Å². The number of carbonyl (C=O) groups is 2. The number of hydrogen-bond acceptors (Lipinski definition) is 3. The highest BCUT2D eigenvalue weighted by molar-refractivity contribution is 7.10. The maximum absolute atomic E-state index is 14.0. The molecule has 2 aromatic carbocycles. The summed E-state index contributed by atoms with van der Waals surface area (Å²) < 4.78 is 53.5. The number of amides is 2. The summed E-state index contributed by atoms with van der Waals surface area (Å²) in [6, 6.07) is 10.1. The van der Waals surface area contributed by atoms with Crippen molar-refractivity contribution in [3.63, 3.8) is 0 Å². The van der Waals surface area contributed by atoms with Crippen LogP contribution in [0.1, 0.15) is 44.0 Å². The largest absolute Gasteiger partial charge is 0.417 e. The van der Waals surface area contributed by atoms with Crippen LogP contribution in [0.3, 0.4) is 0 Å². The van der Waals surface area contributed by atoms with Gasteiger partial charge in [-0.2, -0.15) is 13.2 Å². The number of benzene rings is 2. The first kappa shape index (κ1) is 22.0. The number of thiophene rings is 1. The minimum Gasteiger partial charge on any atom is -0.322 e. The fraction of sp³-hybridized carbons (Fsp3) is 0.217. The molecule has 0 unspecified atom stereocenters. The number of fused-ring (bicyclic) bond motifs is 1. The lowest BCUT2D eigenvalue weighted by atomic mass is 10.1. The molecule has 3 aromatic rings. The lowest BCUT2D eigenvalue weighted by Crippen LogP contribution is -2.31. The summed E-state index contributed by atoms with van der Waals surface area (Å²) in [6.07, 6.45) is -2.07. The summed E-state index contributed by atoms with van der Waals surface area (Å²) in [5.41, 5.74) is -1.00. The van der Waals surface area contributed by atoms with Crippen molar-refractivity contribution in [2.75, 3.05) is 16.8 Å². The molecule has 0 aliphatic carbocycles. The summed E-state index contributed by atoms with van der Waals surface area (Å²) >= 11 is 1.61. The van der Waals surface area contributed by atoms with Crippen molar-refractivity contribution >= 4 is 34.5 Å². The Hall–Kier alpha value is -3.20. The highest BCUT2D eigenvalue weighted by Crippen LogP contribution is 2.34. The predicted molar refractivity (Wildman–Crippen MR) is 115 cm³/mol. The van der Waals surface area contributed by atoms with E-state index in [-0.39, 0.29) is 11.6 Å². The Bertz CT molecular complexity index is 1160. The van der Waals surface area contributed by atoms with E-state index in [0.29, 0.717) is 18.2 Å². The molecule has 0 saturated heterocycles. The number of rotatable bonds is 3. The van der Waals surface area contributed by atoms with E-state index in [4.69, 9.17) is 0 Å². The molecule has 32 heavy (non-hydrogen) atoms. The van der Waals surface area contributed by atoms with Crippen LogP contribution in [0.15, 0.2) is 53.9 Å². The molecule has 0 fully saturated rings. The van der Waals surface area contributed by atoms with Gasteiger partial charge in [0.1, 0.15) is 5.82 Å². The average Bonchev–Trinajstić information content (AvgIpc) is 3.12. The van der Waals surface area contributed by atoms with Crippen LogP contribution in [0.5, 0.6) is 0 Å². The van der Waals surface area contributed by atoms with Gasteiger partial charge in [-0.25, -0.2) is 4.39 Å². The molecule has 2 heterocycles. The quantitative estimate of drug-likeness (QED) is 0.475. The van der Waals surface area contributed by atoms with E-state index >= 15 is 0 Å². The molecule has 0 atom stereocenters. The van der Waals surface area contributed by atoms with Crippen LogP contribution in [0.2, 0.25) is 0 Å². The second-order valence-corrected chi connectivity index (χ2v) is 8.34. The highest BCUT2D eigenvalue weighted by Gasteiger charge is 2.36. The van der Waals surface area contributed by atoms with Gasteiger partial charge >= 0.3 is 6.18 Å². The molecule has 2 amide bonds. The zero-order chi connectivity index (χ0) is 22.9. The fourth-order valence-corrected chi connectivity index (χ4v) is 4.61. The monoisotopic (exact) mass is 462 g/mol. The Balaban J connectivity index is 1.53. The lowest BCUT2D eigenvalue weighted by Gasteiger charge is -2.21. The Morgan fingerprint density at radius 3 is 2.47 bits per heavy atom. The van der Waals surface area contributed by atoms with E-state index in [1.54, 1.807) is 16.2 Å². The van der Waals surface area contributed by atoms with Crippen LogP contribution in [-0.4, -0.2) is 18.4 Å². The molecule has 4 rings (SSSR count). The van der Waals surface area contributed by atoms with Crippen LogP contribution < -0.4 is 10.2 Å². The molecule has 1 N–H and O–H groups in total. The van der Waals surface area contributed by atoms with Crippen LogP contribution >= 0.6 is 11.3 Å². The van der Waals surface area contributed by atoms with Crippen molar-refractivity contribution in [2.24, 2.45) is 0 Å². The molecule has 1 aliphatic heterocycles. The molecule has 0 radical (unpaired) electrons. The molecule has 1 aliphatic rings. The first-order valence-corrected chi connectivity index (χ1v) is 10.8. The highest BCUT2D eigenvalue weighted by atomic mass is 32.1. The molecule has 166 valence electrons. The molecular formula is C23H18F4N2O2S. The standard InChI is InChI=1S/C23H18F4N2O2S/c24-17-5-3-4-16(23(25,26)27)20(17)21(30)28-15-9-7-14(8-10-15)22(31)29-12-2-1-6-19-18(29)11-13-32-19/h3-5,7-11,13H,1-2,6,12H2,(H,28,30). The van der Waals surface area contributed by atoms with E-state index in [1.807, 2.05) is 11.4 Å². The number of aryl methyl sites for hydroxylation is 1. The van der Waals surface area contributed by atoms with Crippen molar-refractivity contribution < 1.29 is 27.2 Å². The number of anilines is 2. The van der Waals surface area contributed by atoms with E-state index in [2.05, 4.69) is 5.32 Å². The zero-order valence-corrected chi connectivity index (χ0v) is 17.5. The third-order valence-corrected chi connectivity index (χ3v) is 6.20. The second kappa shape index (κ2) is 8.74. The number of nitrogens with one attached hydrogen (secondary N) is 1. The normalized spacial score (nSPS) is 13.9. The Morgan fingerprint density at radius 2 is 1.75 bits per heavy atom. The van der Waals surface area contributed by atoms with Crippen LogP contribution in [0.4, 0.5) is 28.9 Å². The van der Waals surface area contributed by atoms with Crippen molar-refractivity contribution in [3.05, 3.63) is 81.3 Å². The first-order chi connectivity index (χ1) is 15.3. The number of hydrogen-bond donors (Lipinski definition) is 1. The van der Waals surface area contributed by atoms with Gasteiger partial charge in [0, 0.05) is 22.7 Å². The number of alkyl halides is 3. The van der Waals surface area contributed by atoms with E-state index in [1.165, 1.54) is 24.3 Å². The summed E-state index contributed by atoms with van der Waals surface area (Å²) in [5, 5.41) is 4.23. The van der Waals surface area contributed by atoms with Gasteiger partial charge in [0.05, 0.1) is 16.8 Å². The second-order valence-electron chi connectivity index (χ2n) is 7.33. The van der Waals surface area contributed by atoms with Gasteiger partial charge in [-0.15, -0.1) is 11.3 Å². The summed E-state index contributed by atoms with van der Waals surface area (Å²) in [4.78, 5) is 28.3. The van der Waals surface area contributed by atoms with E-state index < -0.39 is 29.0 Å².